The molecule has 0 atom stereocenters. The number of fused-ring (bicyclic) bond motifs is 1. The van der Waals surface area contributed by atoms with Crippen LogP contribution < -0.4 is 10.5 Å². The van der Waals surface area contributed by atoms with Crippen LogP contribution in [-0.2, 0) is 0 Å². The van der Waals surface area contributed by atoms with Crippen molar-refractivity contribution >= 4 is 17.0 Å². The van der Waals surface area contributed by atoms with E-state index in [0.29, 0.717) is 17.2 Å². The highest BCUT2D eigenvalue weighted by Gasteiger charge is 2.11. The number of anilines is 1. The lowest BCUT2D eigenvalue weighted by Gasteiger charge is -2.04. The van der Waals surface area contributed by atoms with E-state index < -0.39 is 0 Å². The summed E-state index contributed by atoms with van der Waals surface area (Å²) in [5, 5.41) is 7.52. The molecule has 18 heavy (non-hydrogen) atoms. The van der Waals surface area contributed by atoms with E-state index >= 15 is 0 Å². The predicted molar refractivity (Wildman–Crippen MR) is 65.9 cm³/mol. The SMILES string of the molecule is COc1cc(-c2nc(N)nc3[nH]ncc23)ccn1. The van der Waals surface area contributed by atoms with Gasteiger partial charge in [0.25, 0.3) is 0 Å². The topological polar surface area (TPSA) is 103 Å². The fourth-order valence-corrected chi connectivity index (χ4v) is 1.74. The molecule has 3 aromatic rings. The van der Waals surface area contributed by atoms with Gasteiger partial charge in [-0.1, -0.05) is 0 Å². The summed E-state index contributed by atoms with van der Waals surface area (Å²) in [5.41, 5.74) is 7.83. The Kier molecular flexibility index (Phi) is 2.30. The number of ether oxygens (including phenoxy) is 1. The van der Waals surface area contributed by atoms with E-state index in [1.807, 2.05) is 6.07 Å². The van der Waals surface area contributed by atoms with Gasteiger partial charge in [-0.2, -0.15) is 10.1 Å². The van der Waals surface area contributed by atoms with Crippen LogP contribution in [0.5, 0.6) is 5.88 Å². The molecule has 0 aliphatic carbocycles. The lowest BCUT2D eigenvalue weighted by Crippen LogP contribution is -1.98. The molecule has 0 fully saturated rings. The highest BCUT2D eigenvalue weighted by molar-refractivity contribution is 5.90. The van der Waals surface area contributed by atoms with Crippen LogP contribution in [0.25, 0.3) is 22.3 Å². The fourth-order valence-electron chi connectivity index (χ4n) is 1.74. The number of pyridine rings is 1. The number of nitrogen functional groups attached to an aromatic ring is 1. The Balaban J connectivity index is 2.26. The first kappa shape index (κ1) is 10.5. The molecule has 0 aliphatic heterocycles. The third kappa shape index (κ3) is 1.61. The molecule has 0 amide bonds. The number of nitrogens with zero attached hydrogens (tertiary/aromatic N) is 4. The molecule has 0 bridgehead atoms. The number of aromatic amines is 1. The number of nitrogens with one attached hydrogen (secondary N) is 1. The Labute approximate surface area is 102 Å². The predicted octanol–water partition coefficient (Wildman–Crippen LogP) is 1.01. The molecule has 0 aliphatic rings. The van der Waals surface area contributed by atoms with Crippen molar-refractivity contribution in [3.8, 4) is 17.1 Å². The van der Waals surface area contributed by atoms with Crippen molar-refractivity contribution in [3.05, 3.63) is 24.5 Å². The molecule has 7 heteroatoms. The Hall–Kier alpha value is -2.70. The first-order chi connectivity index (χ1) is 8.78. The second kappa shape index (κ2) is 3.95. The van der Waals surface area contributed by atoms with Gasteiger partial charge in [0.2, 0.25) is 11.8 Å². The fraction of sp³-hybridized carbons (Fsp3) is 0.0909. The smallest absolute Gasteiger partial charge is 0.222 e. The molecule has 3 N–H and O–H groups in total. The number of H-pyrrole nitrogens is 1. The average molecular weight is 242 g/mol. The molecule has 0 spiro atoms. The van der Waals surface area contributed by atoms with Gasteiger partial charge in [-0.05, 0) is 6.07 Å². The quantitative estimate of drug-likeness (QED) is 0.695. The molecule has 0 aromatic carbocycles. The zero-order valence-electron chi connectivity index (χ0n) is 9.58. The summed E-state index contributed by atoms with van der Waals surface area (Å²) in [4.78, 5) is 12.4. The van der Waals surface area contributed by atoms with Gasteiger partial charge in [0, 0.05) is 17.8 Å². The number of hydrogen-bond donors (Lipinski definition) is 2. The first-order valence-electron chi connectivity index (χ1n) is 5.25. The van der Waals surface area contributed by atoms with Crippen LogP contribution in [0.3, 0.4) is 0 Å². The van der Waals surface area contributed by atoms with Crippen molar-refractivity contribution in [2.45, 2.75) is 0 Å². The zero-order chi connectivity index (χ0) is 12.5. The molecule has 3 aromatic heterocycles. The monoisotopic (exact) mass is 242 g/mol. The van der Waals surface area contributed by atoms with E-state index in [1.54, 1.807) is 25.6 Å². The Bertz CT molecular complexity index is 708. The lowest BCUT2D eigenvalue weighted by molar-refractivity contribution is 0.398. The van der Waals surface area contributed by atoms with Crippen LogP contribution in [0.2, 0.25) is 0 Å². The molecular formula is C11H10N6O. The summed E-state index contributed by atoms with van der Waals surface area (Å²) in [7, 11) is 1.56. The van der Waals surface area contributed by atoms with Crippen molar-refractivity contribution in [3.63, 3.8) is 0 Å². The van der Waals surface area contributed by atoms with Crippen molar-refractivity contribution < 1.29 is 4.74 Å². The molecule has 0 unspecified atom stereocenters. The van der Waals surface area contributed by atoms with Crippen molar-refractivity contribution in [2.24, 2.45) is 0 Å². The van der Waals surface area contributed by atoms with Crippen LogP contribution in [0.15, 0.2) is 24.5 Å². The van der Waals surface area contributed by atoms with E-state index in [-0.39, 0.29) is 5.95 Å². The summed E-state index contributed by atoms with van der Waals surface area (Å²) in [5.74, 6) is 0.707. The second-order valence-electron chi connectivity index (χ2n) is 3.65. The molecule has 0 saturated heterocycles. The van der Waals surface area contributed by atoms with E-state index in [1.165, 1.54) is 0 Å². The van der Waals surface area contributed by atoms with Crippen LogP contribution in [-0.4, -0.2) is 32.3 Å². The van der Waals surface area contributed by atoms with E-state index in [9.17, 15) is 0 Å². The minimum atomic E-state index is 0.192. The number of hydrogen-bond acceptors (Lipinski definition) is 6. The molecule has 0 saturated carbocycles. The Morgan fingerprint density at radius 2 is 2.22 bits per heavy atom. The van der Waals surface area contributed by atoms with Crippen molar-refractivity contribution in [1.82, 2.24) is 25.1 Å². The summed E-state index contributed by atoms with van der Waals surface area (Å²) >= 11 is 0. The number of nitrogens with two attached hydrogens (primary N) is 1. The van der Waals surface area contributed by atoms with E-state index in [2.05, 4.69) is 25.1 Å². The summed E-state index contributed by atoms with van der Waals surface area (Å²) in [6.07, 6.45) is 3.31. The van der Waals surface area contributed by atoms with Crippen molar-refractivity contribution in [2.75, 3.05) is 12.8 Å². The summed E-state index contributed by atoms with van der Waals surface area (Å²) in [6.45, 7) is 0. The number of rotatable bonds is 2. The maximum Gasteiger partial charge on any atom is 0.222 e. The Morgan fingerprint density at radius 3 is 3.06 bits per heavy atom. The van der Waals surface area contributed by atoms with E-state index in [0.717, 1.165) is 10.9 Å². The first-order valence-corrected chi connectivity index (χ1v) is 5.25. The molecular weight excluding hydrogens is 232 g/mol. The summed E-state index contributed by atoms with van der Waals surface area (Å²) in [6, 6.07) is 3.62. The van der Waals surface area contributed by atoms with Crippen LogP contribution in [0.1, 0.15) is 0 Å². The summed E-state index contributed by atoms with van der Waals surface area (Å²) < 4.78 is 5.09. The number of aromatic nitrogens is 5. The highest BCUT2D eigenvalue weighted by Crippen LogP contribution is 2.26. The zero-order valence-corrected chi connectivity index (χ0v) is 9.58. The molecule has 90 valence electrons. The average Bonchev–Trinajstić information content (AvgIpc) is 2.85. The van der Waals surface area contributed by atoms with Gasteiger partial charge in [0.05, 0.1) is 24.4 Å². The van der Waals surface area contributed by atoms with Gasteiger partial charge in [-0.3, -0.25) is 5.10 Å². The van der Waals surface area contributed by atoms with Gasteiger partial charge < -0.3 is 10.5 Å². The number of methoxy groups -OCH3 is 1. The van der Waals surface area contributed by atoms with Crippen LogP contribution >= 0.6 is 0 Å². The standard InChI is InChI=1S/C11H10N6O/c1-18-8-4-6(2-3-13-8)9-7-5-14-17-10(7)16-11(12)15-9/h2-5H,1H3,(H3,12,14,15,16,17). The van der Waals surface area contributed by atoms with Crippen LogP contribution in [0, 0.1) is 0 Å². The van der Waals surface area contributed by atoms with Gasteiger partial charge >= 0.3 is 0 Å². The molecule has 3 rings (SSSR count). The van der Waals surface area contributed by atoms with Gasteiger partial charge in [0.15, 0.2) is 5.65 Å². The highest BCUT2D eigenvalue weighted by atomic mass is 16.5. The van der Waals surface area contributed by atoms with Gasteiger partial charge in [-0.25, -0.2) is 9.97 Å². The lowest BCUT2D eigenvalue weighted by atomic mass is 10.1. The molecule has 0 radical (unpaired) electrons. The largest absolute Gasteiger partial charge is 0.481 e. The normalized spacial score (nSPS) is 10.7. The second-order valence-corrected chi connectivity index (χ2v) is 3.65. The van der Waals surface area contributed by atoms with Crippen molar-refractivity contribution in [1.29, 1.82) is 0 Å². The maximum absolute atomic E-state index is 5.67. The molecule has 3 heterocycles. The molecule has 7 nitrogen and oxygen atoms in total. The van der Waals surface area contributed by atoms with Gasteiger partial charge in [-0.15, -0.1) is 0 Å². The minimum Gasteiger partial charge on any atom is -0.481 e. The maximum atomic E-state index is 5.67. The van der Waals surface area contributed by atoms with Gasteiger partial charge in [0.1, 0.15) is 0 Å². The third-order valence-electron chi connectivity index (χ3n) is 2.54. The van der Waals surface area contributed by atoms with Crippen LogP contribution in [0.4, 0.5) is 5.95 Å². The third-order valence-corrected chi connectivity index (χ3v) is 2.54. The minimum absolute atomic E-state index is 0.192. The Morgan fingerprint density at radius 1 is 1.33 bits per heavy atom. The van der Waals surface area contributed by atoms with E-state index in [4.69, 9.17) is 10.5 Å².